The Hall–Kier alpha value is -0.900. The van der Waals surface area contributed by atoms with Crippen molar-refractivity contribution in [3.8, 4) is 0 Å². The molecule has 17 heavy (non-hydrogen) atoms. The van der Waals surface area contributed by atoms with Crippen LogP contribution in [0.2, 0.25) is 0 Å². The maximum absolute atomic E-state index is 8.94. The summed E-state index contributed by atoms with van der Waals surface area (Å²) < 4.78 is 0. The summed E-state index contributed by atoms with van der Waals surface area (Å²) in [6.45, 7) is 7.06. The molecule has 1 aromatic rings. The van der Waals surface area contributed by atoms with Crippen molar-refractivity contribution < 1.29 is 5.11 Å². The summed E-state index contributed by atoms with van der Waals surface area (Å²) in [5.41, 5.74) is 7.92. The first-order valence-electron chi connectivity index (χ1n) is 6.26. The van der Waals surface area contributed by atoms with E-state index in [1.165, 1.54) is 5.56 Å². The number of hydrogen-bond acceptors (Lipinski definition) is 3. The van der Waals surface area contributed by atoms with Gasteiger partial charge in [0, 0.05) is 6.54 Å². The molecule has 0 bridgehead atoms. The lowest BCUT2D eigenvalue weighted by atomic mass is 9.96. The molecule has 0 aliphatic heterocycles. The van der Waals surface area contributed by atoms with Gasteiger partial charge >= 0.3 is 0 Å². The molecule has 1 rings (SSSR count). The Labute approximate surface area is 104 Å². The molecule has 1 atom stereocenters. The van der Waals surface area contributed by atoms with Crippen LogP contribution in [0.4, 0.5) is 0 Å². The van der Waals surface area contributed by atoms with Crippen molar-refractivity contribution in [3.05, 3.63) is 35.4 Å². The summed E-state index contributed by atoms with van der Waals surface area (Å²) in [7, 11) is 0. The van der Waals surface area contributed by atoms with Gasteiger partial charge in [0.2, 0.25) is 0 Å². The normalized spacial score (nSPS) is 13.0. The molecule has 1 aromatic carbocycles. The molecule has 0 aromatic heterocycles. The van der Waals surface area contributed by atoms with E-state index in [9.17, 15) is 0 Å². The van der Waals surface area contributed by atoms with Crippen LogP contribution in [0.3, 0.4) is 0 Å². The topological polar surface area (TPSA) is 58.3 Å². The Balaban J connectivity index is 2.34. The van der Waals surface area contributed by atoms with E-state index in [1.807, 2.05) is 24.3 Å². The van der Waals surface area contributed by atoms with E-state index in [2.05, 4.69) is 19.2 Å². The number of benzene rings is 1. The minimum Gasteiger partial charge on any atom is -0.392 e. The third-order valence-electron chi connectivity index (χ3n) is 3.19. The fraction of sp³-hybridized carbons (Fsp3) is 0.571. The van der Waals surface area contributed by atoms with Gasteiger partial charge < -0.3 is 16.2 Å². The first-order valence-corrected chi connectivity index (χ1v) is 6.26. The van der Waals surface area contributed by atoms with E-state index < -0.39 is 0 Å². The maximum atomic E-state index is 8.94. The largest absolute Gasteiger partial charge is 0.392 e. The average Bonchev–Trinajstić information content (AvgIpc) is 2.35. The highest BCUT2D eigenvalue weighted by molar-refractivity contribution is 5.21. The lowest BCUT2D eigenvalue weighted by Crippen LogP contribution is -2.31. The van der Waals surface area contributed by atoms with Gasteiger partial charge in [0.05, 0.1) is 6.61 Å². The van der Waals surface area contributed by atoms with Gasteiger partial charge in [0.25, 0.3) is 0 Å². The molecule has 3 heteroatoms. The fourth-order valence-corrected chi connectivity index (χ4v) is 1.76. The predicted octanol–water partition coefficient (Wildman–Crippen LogP) is 1.50. The Morgan fingerprint density at radius 3 is 2.24 bits per heavy atom. The van der Waals surface area contributed by atoms with Gasteiger partial charge in [-0.2, -0.15) is 0 Å². The minimum absolute atomic E-state index is 0.107. The smallest absolute Gasteiger partial charge is 0.0681 e. The molecule has 0 amide bonds. The van der Waals surface area contributed by atoms with E-state index >= 15 is 0 Å². The number of hydrogen-bond donors (Lipinski definition) is 3. The van der Waals surface area contributed by atoms with Crippen LogP contribution in [0.1, 0.15) is 25.0 Å². The van der Waals surface area contributed by atoms with Crippen molar-refractivity contribution in [2.24, 2.45) is 17.6 Å². The molecule has 4 N–H and O–H groups in total. The van der Waals surface area contributed by atoms with Crippen molar-refractivity contribution in [3.63, 3.8) is 0 Å². The molecule has 0 aliphatic rings. The second-order valence-corrected chi connectivity index (χ2v) is 4.85. The van der Waals surface area contributed by atoms with Gasteiger partial charge in [0.1, 0.15) is 0 Å². The van der Waals surface area contributed by atoms with Gasteiger partial charge in [-0.1, -0.05) is 38.1 Å². The lowest BCUT2D eigenvalue weighted by Gasteiger charge is -2.19. The van der Waals surface area contributed by atoms with Gasteiger partial charge in [-0.3, -0.25) is 0 Å². The monoisotopic (exact) mass is 236 g/mol. The molecule has 3 nitrogen and oxygen atoms in total. The quantitative estimate of drug-likeness (QED) is 0.672. The van der Waals surface area contributed by atoms with Crippen LogP contribution < -0.4 is 11.1 Å². The molecule has 0 aliphatic carbocycles. The summed E-state index contributed by atoms with van der Waals surface area (Å²) in [6, 6.07) is 8.01. The third-order valence-corrected chi connectivity index (χ3v) is 3.19. The Morgan fingerprint density at radius 1 is 1.18 bits per heavy atom. The van der Waals surface area contributed by atoms with Crippen LogP contribution in [0.25, 0.3) is 0 Å². The van der Waals surface area contributed by atoms with Crippen molar-refractivity contribution in [2.45, 2.75) is 27.0 Å². The second-order valence-electron chi connectivity index (χ2n) is 4.85. The second kappa shape index (κ2) is 7.43. The van der Waals surface area contributed by atoms with E-state index in [-0.39, 0.29) is 6.61 Å². The molecule has 0 saturated carbocycles. The van der Waals surface area contributed by atoms with Crippen molar-refractivity contribution in [1.29, 1.82) is 0 Å². The van der Waals surface area contributed by atoms with Crippen LogP contribution in [-0.4, -0.2) is 18.2 Å². The Kier molecular flexibility index (Phi) is 6.19. The van der Waals surface area contributed by atoms with E-state index in [1.54, 1.807) is 0 Å². The third kappa shape index (κ3) is 4.86. The number of rotatable bonds is 7. The molecule has 0 fully saturated rings. The molecule has 0 radical (unpaired) electrons. The van der Waals surface area contributed by atoms with Crippen LogP contribution in [0.5, 0.6) is 0 Å². The average molecular weight is 236 g/mol. The zero-order chi connectivity index (χ0) is 12.7. The van der Waals surface area contributed by atoms with Crippen LogP contribution in [-0.2, 0) is 13.2 Å². The molecule has 1 unspecified atom stereocenters. The van der Waals surface area contributed by atoms with E-state index in [4.69, 9.17) is 10.8 Å². The highest BCUT2D eigenvalue weighted by Crippen LogP contribution is 2.08. The number of nitrogens with two attached hydrogens (primary N) is 1. The lowest BCUT2D eigenvalue weighted by molar-refractivity contribution is 0.282. The predicted molar refractivity (Wildman–Crippen MR) is 71.5 cm³/mol. The molecule has 96 valence electrons. The minimum atomic E-state index is 0.107. The van der Waals surface area contributed by atoms with Gasteiger partial charge in [0.15, 0.2) is 0 Å². The maximum Gasteiger partial charge on any atom is 0.0681 e. The van der Waals surface area contributed by atoms with Gasteiger partial charge in [-0.25, -0.2) is 0 Å². The summed E-state index contributed by atoms with van der Waals surface area (Å²) in [5, 5.41) is 12.4. The Morgan fingerprint density at radius 2 is 1.76 bits per heavy atom. The number of aliphatic hydroxyl groups is 1. The van der Waals surface area contributed by atoms with Crippen LogP contribution in [0.15, 0.2) is 24.3 Å². The Bertz CT molecular complexity index is 309. The molecule has 0 heterocycles. The zero-order valence-corrected chi connectivity index (χ0v) is 10.8. The molecule has 0 saturated heterocycles. The number of nitrogens with one attached hydrogen (secondary N) is 1. The van der Waals surface area contributed by atoms with Crippen molar-refractivity contribution in [1.82, 2.24) is 5.32 Å². The standard InChI is InChI=1S/C14H24N2O/c1-11(2)14(7-15)9-16-8-12-3-5-13(10-17)6-4-12/h3-6,11,14,16-17H,7-10,15H2,1-2H3. The van der Waals surface area contributed by atoms with Crippen molar-refractivity contribution >= 4 is 0 Å². The fourth-order valence-electron chi connectivity index (χ4n) is 1.76. The summed E-state index contributed by atoms with van der Waals surface area (Å²) in [6.07, 6.45) is 0. The van der Waals surface area contributed by atoms with Crippen LogP contribution in [0, 0.1) is 11.8 Å². The van der Waals surface area contributed by atoms with Crippen molar-refractivity contribution in [2.75, 3.05) is 13.1 Å². The van der Waals surface area contributed by atoms with E-state index in [0.29, 0.717) is 11.8 Å². The summed E-state index contributed by atoms with van der Waals surface area (Å²) in [4.78, 5) is 0. The highest BCUT2D eigenvalue weighted by atomic mass is 16.3. The van der Waals surface area contributed by atoms with Gasteiger partial charge in [-0.05, 0) is 36.1 Å². The summed E-state index contributed by atoms with van der Waals surface area (Å²) in [5.74, 6) is 1.15. The molecular formula is C14H24N2O. The van der Waals surface area contributed by atoms with E-state index in [0.717, 1.165) is 25.2 Å². The first kappa shape index (κ1) is 14.2. The first-order chi connectivity index (χ1) is 8.17. The van der Waals surface area contributed by atoms with Gasteiger partial charge in [-0.15, -0.1) is 0 Å². The zero-order valence-electron chi connectivity index (χ0n) is 10.8. The number of aliphatic hydroxyl groups excluding tert-OH is 1. The highest BCUT2D eigenvalue weighted by Gasteiger charge is 2.10. The SMILES string of the molecule is CC(C)C(CN)CNCc1ccc(CO)cc1. The molecular weight excluding hydrogens is 212 g/mol. The molecule has 0 spiro atoms. The summed E-state index contributed by atoms with van der Waals surface area (Å²) >= 11 is 0. The van der Waals surface area contributed by atoms with Crippen LogP contribution >= 0.6 is 0 Å².